The zero-order chi connectivity index (χ0) is 15.9. The smallest absolute Gasteiger partial charge is 0.273 e. The van der Waals surface area contributed by atoms with Crippen LogP contribution in [0.3, 0.4) is 0 Å². The van der Waals surface area contributed by atoms with E-state index in [9.17, 15) is 4.79 Å². The van der Waals surface area contributed by atoms with Crippen LogP contribution in [0.2, 0.25) is 0 Å². The third-order valence-corrected chi connectivity index (χ3v) is 4.67. The van der Waals surface area contributed by atoms with Crippen molar-refractivity contribution in [2.45, 2.75) is 33.6 Å². The zero-order valence-corrected chi connectivity index (χ0v) is 14.1. The van der Waals surface area contributed by atoms with Gasteiger partial charge in [0.2, 0.25) is 0 Å². The lowest BCUT2D eigenvalue weighted by atomic mass is 10.0. The van der Waals surface area contributed by atoms with Gasteiger partial charge in [-0.2, -0.15) is 0 Å². The van der Waals surface area contributed by atoms with Gasteiger partial charge >= 0.3 is 0 Å². The Morgan fingerprint density at radius 2 is 2.05 bits per heavy atom. The van der Waals surface area contributed by atoms with Gasteiger partial charge in [-0.3, -0.25) is 14.8 Å². The van der Waals surface area contributed by atoms with Crippen molar-refractivity contribution in [3.05, 3.63) is 29.7 Å². The third kappa shape index (κ3) is 3.88. The Kier molecular flexibility index (Phi) is 6.00. The highest BCUT2D eigenvalue weighted by Crippen LogP contribution is 2.22. The van der Waals surface area contributed by atoms with E-state index in [2.05, 4.69) is 28.8 Å². The van der Waals surface area contributed by atoms with Crippen molar-refractivity contribution >= 4 is 17.2 Å². The molecule has 0 saturated heterocycles. The molecule has 0 atom stereocenters. The van der Waals surface area contributed by atoms with Crippen molar-refractivity contribution in [2.75, 3.05) is 13.1 Å². The molecule has 5 nitrogen and oxygen atoms in total. The number of amides is 1. The normalized spacial score (nSPS) is 10.9. The van der Waals surface area contributed by atoms with E-state index in [0.717, 1.165) is 24.4 Å². The minimum Gasteiger partial charge on any atom is -0.337 e. The topological polar surface area (TPSA) is 59.0 Å². The van der Waals surface area contributed by atoms with Gasteiger partial charge < -0.3 is 4.90 Å². The van der Waals surface area contributed by atoms with Gasteiger partial charge in [0.1, 0.15) is 16.4 Å². The number of carbonyl (C=O) groups excluding carboxylic acids is 1. The van der Waals surface area contributed by atoms with Crippen LogP contribution in [0, 0.1) is 5.92 Å². The van der Waals surface area contributed by atoms with Crippen LogP contribution >= 0.6 is 11.3 Å². The second-order valence-corrected chi connectivity index (χ2v) is 6.01. The summed E-state index contributed by atoms with van der Waals surface area (Å²) in [5, 5.41) is 2.54. The van der Waals surface area contributed by atoms with E-state index in [0.29, 0.717) is 23.9 Å². The van der Waals surface area contributed by atoms with Crippen LogP contribution in [0.25, 0.3) is 10.7 Å². The Balaban J connectivity index is 2.13. The van der Waals surface area contributed by atoms with Crippen molar-refractivity contribution in [3.8, 4) is 10.7 Å². The molecule has 2 rings (SSSR count). The molecule has 0 saturated carbocycles. The molecule has 0 fully saturated rings. The summed E-state index contributed by atoms with van der Waals surface area (Å²) in [6.07, 6.45) is 7.08. The standard InChI is InChI=1S/C16H22N4OS/c1-4-12(5-2)10-20(6-3)16(21)14-11-22-15(19-14)13-9-17-7-8-18-13/h7-9,11-12H,4-6,10H2,1-3H3. The minimum atomic E-state index is 0.000732. The van der Waals surface area contributed by atoms with Crippen LogP contribution < -0.4 is 0 Å². The summed E-state index contributed by atoms with van der Waals surface area (Å²) in [6, 6.07) is 0. The second kappa shape index (κ2) is 7.98. The largest absolute Gasteiger partial charge is 0.337 e. The first-order valence-corrected chi connectivity index (χ1v) is 8.58. The van der Waals surface area contributed by atoms with E-state index >= 15 is 0 Å². The van der Waals surface area contributed by atoms with Crippen molar-refractivity contribution in [1.82, 2.24) is 19.9 Å². The van der Waals surface area contributed by atoms with Gasteiger partial charge in [0, 0.05) is 30.9 Å². The highest BCUT2D eigenvalue weighted by molar-refractivity contribution is 7.13. The molecule has 0 aliphatic heterocycles. The first kappa shape index (κ1) is 16.5. The summed E-state index contributed by atoms with van der Waals surface area (Å²) in [6.45, 7) is 7.84. The maximum absolute atomic E-state index is 12.6. The van der Waals surface area contributed by atoms with Crippen molar-refractivity contribution < 1.29 is 4.79 Å². The van der Waals surface area contributed by atoms with E-state index in [1.165, 1.54) is 11.3 Å². The van der Waals surface area contributed by atoms with Gasteiger partial charge in [-0.1, -0.05) is 26.7 Å². The van der Waals surface area contributed by atoms with Gasteiger partial charge in [0.15, 0.2) is 0 Å². The zero-order valence-electron chi connectivity index (χ0n) is 13.3. The Labute approximate surface area is 135 Å². The van der Waals surface area contributed by atoms with Crippen LogP contribution in [0.5, 0.6) is 0 Å². The van der Waals surface area contributed by atoms with Crippen molar-refractivity contribution in [3.63, 3.8) is 0 Å². The quantitative estimate of drug-likeness (QED) is 0.784. The Morgan fingerprint density at radius 1 is 1.27 bits per heavy atom. The van der Waals surface area contributed by atoms with Crippen LogP contribution in [0.15, 0.2) is 24.0 Å². The Hall–Kier alpha value is -1.82. The molecule has 0 bridgehead atoms. The lowest BCUT2D eigenvalue weighted by molar-refractivity contribution is 0.0730. The number of rotatable bonds is 7. The SMILES string of the molecule is CCC(CC)CN(CC)C(=O)c1csc(-c2cnccn2)n1. The number of aromatic nitrogens is 3. The summed E-state index contributed by atoms with van der Waals surface area (Å²) < 4.78 is 0. The van der Waals surface area contributed by atoms with Crippen molar-refractivity contribution in [1.29, 1.82) is 0 Å². The molecular formula is C16H22N4OS. The van der Waals surface area contributed by atoms with E-state index in [4.69, 9.17) is 0 Å². The predicted molar refractivity (Wildman–Crippen MR) is 88.8 cm³/mol. The molecule has 22 heavy (non-hydrogen) atoms. The van der Waals surface area contributed by atoms with E-state index < -0.39 is 0 Å². The Bertz CT molecular complexity index is 595. The van der Waals surface area contributed by atoms with E-state index in [1.807, 2.05) is 17.2 Å². The maximum Gasteiger partial charge on any atom is 0.273 e. The number of carbonyl (C=O) groups is 1. The molecule has 118 valence electrons. The van der Waals surface area contributed by atoms with Crippen LogP contribution in [0.4, 0.5) is 0 Å². The van der Waals surface area contributed by atoms with Crippen LogP contribution in [-0.2, 0) is 0 Å². The number of thiazole rings is 1. The van der Waals surface area contributed by atoms with Crippen molar-refractivity contribution in [2.24, 2.45) is 5.92 Å². The fourth-order valence-corrected chi connectivity index (χ4v) is 3.03. The average molecular weight is 318 g/mol. The first-order valence-electron chi connectivity index (χ1n) is 7.70. The highest BCUT2D eigenvalue weighted by Gasteiger charge is 2.20. The van der Waals surface area contributed by atoms with Gasteiger partial charge in [-0.05, 0) is 12.8 Å². The molecule has 0 unspecified atom stereocenters. The molecule has 2 aromatic heterocycles. The average Bonchev–Trinajstić information content (AvgIpc) is 3.06. The van der Waals surface area contributed by atoms with Gasteiger partial charge in [0.25, 0.3) is 5.91 Å². The van der Waals surface area contributed by atoms with Crippen LogP contribution in [0.1, 0.15) is 44.1 Å². The number of nitrogens with zero attached hydrogens (tertiary/aromatic N) is 4. The summed E-state index contributed by atoms with van der Waals surface area (Å²) >= 11 is 1.43. The molecule has 0 radical (unpaired) electrons. The molecule has 6 heteroatoms. The molecule has 0 aliphatic rings. The minimum absolute atomic E-state index is 0.000732. The first-order chi connectivity index (χ1) is 10.7. The number of hydrogen-bond acceptors (Lipinski definition) is 5. The van der Waals surface area contributed by atoms with Gasteiger partial charge in [0.05, 0.1) is 6.20 Å². The summed E-state index contributed by atoms with van der Waals surface area (Å²) in [5.74, 6) is 0.544. The van der Waals surface area contributed by atoms with Gasteiger partial charge in [-0.25, -0.2) is 4.98 Å². The molecule has 0 N–H and O–H groups in total. The molecule has 0 spiro atoms. The molecule has 0 aliphatic carbocycles. The number of hydrogen-bond donors (Lipinski definition) is 0. The molecule has 0 aromatic carbocycles. The fourth-order valence-electron chi connectivity index (χ4n) is 2.28. The lowest BCUT2D eigenvalue weighted by Crippen LogP contribution is -2.35. The second-order valence-electron chi connectivity index (χ2n) is 5.15. The predicted octanol–water partition coefficient (Wildman–Crippen LogP) is 3.50. The fraction of sp³-hybridized carbons (Fsp3) is 0.500. The maximum atomic E-state index is 12.6. The van der Waals surface area contributed by atoms with Crippen LogP contribution in [-0.4, -0.2) is 38.8 Å². The molecule has 2 aromatic rings. The summed E-state index contributed by atoms with van der Waals surface area (Å²) in [7, 11) is 0. The molecule has 2 heterocycles. The summed E-state index contributed by atoms with van der Waals surface area (Å²) in [5.41, 5.74) is 1.20. The molecular weight excluding hydrogens is 296 g/mol. The lowest BCUT2D eigenvalue weighted by Gasteiger charge is -2.24. The Morgan fingerprint density at radius 3 is 2.64 bits per heavy atom. The van der Waals surface area contributed by atoms with E-state index in [1.54, 1.807) is 18.6 Å². The van der Waals surface area contributed by atoms with Gasteiger partial charge in [-0.15, -0.1) is 11.3 Å². The summed E-state index contributed by atoms with van der Waals surface area (Å²) in [4.78, 5) is 27.2. The third-order valence-electron chi connectivity index (χ3n) is 3.81. The van der Waals surface area contributed by atoms with E-state index in [-0.39, 0.29) is 5.91 Å². The molecule has 1 amide bonds. The highest BCUT2D eigenvalue weighted by atomic mass is 32.1. The monoisotopic (exact) mass is 318 g/mol.